The van der Waals surface area contributed by atoms with E-state index in [0.29, 0.717) is 6.42 Å². The Labute approximate surface area is 269 Å². The summed E-state index contributed by atoms with van der Waals surface area (Å²) in [4.78, 5) is 40.8. The lowest BCUT2D eigenvalue weighted by atomic mass is 10.0. The third-order valence-electron chi connectivity index (χ3n) is 7.81. The van der Waals surface area contributed by atoms with E-state index in [4.69, 9.17) is 0 Å². The number of carbonyl (C=O) groups excluding carboxylic acids is 2. The Morgan fingerprint density at radius 3 is 2.15 bits per heavy atom. The zero-order chi connectivity index (χ0) is 33.3. The summed E-state index contributed by atoms with van der Waals surface area (Å²) in [5, 5.41) is 14.6. The monoisotopic (exact) mass is 642 g/mol. The fraction of sp³-hybridized carbons (Fsp3) is 0.257. The number of nitrogens with one attached hydrogen (secondary N) is 1. The summed E-state index contributed by atoms with van der Waals surface area (Å²) in [6.45, 7) is 5.05. The number of nitrogens with zero attached hydrogens (tertiary/aromatic N) is 3. The van der Waals surface area contributed by atoms with Crippen LogP contribution in [0, 0.1) is 17.0 Å². The fourth-order valence-electron chi connectivity index (χ4n) is 4.98. The van der Waals surface area contributed by atoms with Crippen molar-refractivity contribution >= 4 is 33.2 Å². The Kier molecular flexibility index (Phi) is 11.3. The molecule has 240 valence electrons. The molecule has 0 aromatic heterocycles. The summed E-state index contributed by atoms with van der Waals surface area (Å²) < 4.78 is 29.0. The van der Waals surface area contributed by atoms with E-state index < -0.39 is 33.4 Å². The van der Waals surface area contributed by atoms with Gasteiger partial charge in [-0.2, -0.15) is 0 Å². The predicted molar refractivity (Wildman–Crippen MR) is 178 cm³/mol. The lowest BCUT2D eigenvalue weighted by Crippen LogP contribution is -2.54. The van der Waals surface area contributed by atoms with Crippen LogP contribution < -0.4 is 9.62 Å². The van der Waals surface area contributed by atoms with Crippen LogP contribution in [0.4, 0.5) is 11.4 Å². The van der Waals surface area contributed by atoms with E-state index in [2.05, 4.69) is 5.32 Å². The fourth-order valence-corrected chi connectivity index (χ4v) is 6.40. The van der Waals surface area contributed by atoms with Crippen molar-refractivity contribution in [3.63, 3.8) is 0 Å². The molecule has 0 saturated carbocycles. The number of carbonyl (C=O) groups is 2. The maximum absolute atomic E-state index is 14.5. The summed E-state index contributed by atoms with van der Waals surface area (Å²) in [7, 11) is -4.37. The van der Waals surface area contributed by atoms with Crippen molar-refractivity contribution in [1.82, 2.24) is 10.2 Å². The highest BCUT2D eigenvalue weighted by molar-refractivity contribution is 7.92. The third kappa shape index (κ3) is 8.36. The average Bonchev–Trinajstić information content (AvgIpc) is 3.06. The van der Waals surface area contributed by atoms with Gasteiger partial charge in [-0.15, -0.1) is 0 Å². The van der Waals surface area contributed by atoms with Crippen LogP contribution in [0.1, 0.15) is 37.0 Å². The molecule has 0 unspecified atom stereocenters. The van der Waals surface area contributed by atoms with Crippen LogP contribution in [0.5, 0.6) is 0 Å². The van der Waals surface area contributed by atoms with Crippen LogP contribution >= 0.6 is 0 Å². The Balaban J connectivity index is 1.84. The highest BCUT2D eigenvalue weighted by Gasteiger charge is 2.35. The van der Waals surface area contributed by atoms with Crippen molar-refractivity contribution in [1.29, 1.82) is 0 Å². The van der Waals surface area contributed by atoms with Crippen molar-refractivity contribution in [2.24, 2.45) is 0 Å². The molecule has 0 radical (unpaired) electrons. The molecule has 1 N–H and O–H groups in total. The molecule has 0 aliphatic carbocycles. The van der Waals surface area contributed by atoms with Crippen LogP contribution in [-0.4, -0.2) is 48.7 Å². The molecule has 2 atom stereocenters. The van der Waals surface area contributed by atoms with Gasteiger partial charge in [0, 0.05) is 31.1 Å². The predicted octanol–water partition coefficient (Wildman–Crippen LogP) is 5.65. The molecule has 4 aromatic rings. The number of non-ortho nitro benzene ring substituents is 1. The molecule has 0 fully saturated rings. The van der Waals surface area contributed by atoms with Crippen molar-refractivity contribution in [2.45, 2.75) is 57.1 Å². The van der Waals surface area contributed by atoms with Crippen LogP contribution in [0.15, 0.2) is 114 Å². The van der Waals surface area contributed by atoms with Gasteiger partial charge in [0.2, 0.25) is 11.8 Å². The molecular weight excluding hydrogens is 604 g/mol. The zero-order valence-corrected chi connectivity index (χ0v) is 26.9. The van der Waals surface area contributed by atoms with Crippen LogP contribution in [0.3, 0.4) is 0 Å². The minimum absolute atomic E-state index is 0.0328. The molecule has 2 amide bonds. The van der Waals surface area contributed by atoms with Gasteiger partial charge in [-0.25, -0.2) is 8.42 Å². The SMILES string of the molecule is CC[C@@H](C)NC(=O)[C@H](Cc1ccccc1)N(Cc1ccccc1C)C(=O)CN(c1cccc([N+](=O)[O-])c1)S(=O)(=O)c1ccccc1. The van der Waals surface area contributed by atoms with Gasteiger partial charge in [0.1, 0.15) is 12.6 Å². The maximum Gasteiger partial charge on any atom is 0.271 e. The van der Waals surface area contributed by atoms with Crippen LogP contribution in [-0.2, 0) is 32.6 Å². The van der Waals surface area contributed by atoms with Gasteiger partial charge in [-0.3, -0.25) is 24.0 Å². The second kappa shape index (κ2) is 15.3. The van der Waals surface area contributed by atoms with E-state index >= 15 is 0 Å². The number of amides is 2. The molecule has 4 rings (SSSR count). The molecule has 11 heteroatoms. The lowest BCUT2D eigenvalue weighted by Gasteiger charge is -2.34. The molecule has 46 heavy (non-hydrogen) atoms. The van der Waals surface area contributed by atoms with Gasteiger partial charge in [0.25, 0.3) is 15.7 Å². The number of rotatable bonds is 14. The summed E-state index contributed by atoms with van der Waals surface area (Å²) >= 11 is 0. The van der Waals surface area contributed by atoms with Gasteiger partial charge in [-0.05, 0) is 55.2 Å². The summed E-state index contributed by atoms with van der Waals surface area (Å²) in [5.41, 5.74) is 2.13. The van der Waals surface area contributed by atoms with E-state index in [1.54, 1.807) is 18.2 Å². The molecule has 4 aromatic carbocycles. The van der Waals surface area contributed by atoms with Crippen molar-refractivity contribution < 1.29 is 22.9 Å². The quantitative estimate of drug-likeness (QED) is 0.140. The van der Waals surface area contributed by atoms with E-state index in [9.17, 15) is 28.1 Å². The number of hydrogen-bond acceptors (Lipinski definition) is 6. The van der Waals surface area contributed by atoms with Crippen molar-refractivity contribution in [3.8, 4) is 0 Å². The molecular formula is C35H38N4O6S. The van der Waals surface area contributed by atoms with E-state index in [0.717, 1.165) is 27.1 Å². The molecule has 0 heterocycles. The first-order valence-corrected chi connectivity index (χ1v) is 16.5. The molecule has 0 aliphatic heterocycles. The number of nitro groups is 1. The van der Waals surface area contributed by atoms with Crippen LogP contribution in [0.2, 0.25) is 0 Å². The number of benzene rings is 4. The smallest absolute Gasteiger partial charge is 0.271 e. The topological polar surface area (TPSA) is 130 Å². The minimum Gasteiger partial charge on any atom is -0.352 e. The molecule has 0 bridgehead atoms. The Morgan fingerprint density at radius 1 is 0.891 bits per heavy atom. The van der Waals surface area contributed by atoms with Gasteiger partial charge in [0.05, 0.1) is 15.5 Å². The highest BCUT2D eigenvalue weighted by atomic mass is 32.2. The zero-order valence-electron chi connectivity index (χ0n) is 26.1. The van der Waals surface area contributed by atoms with E-state index in [-0.39, 0.29) is 41.2 Å². The number of nitro benzene ring substituents is 1. The van der Waals surface area contributed by atoms with Crippen molar-refractivity contribution in [3.05, 3.63) is 136 Å². The van der Waals surface area contributed by atoms with Gasteiger partial charge >= 0.3 is 0 Å². The standard InChI is InChI=1S/C35H38N4O6S/c1-4-27(3)36-35(41)33(22-28-15-7-5-8-16-28)37(24-29-17-12-11-14-26(29)2)34(40)25-38(30-18-13-19-31(23-30)39(42)43)46(44,45)32-20-9-6-10-21-32/h5-21,23,27,33H,4,22,24-25H2,1-3H3,(H,36,41)/t27-,33+/m1/s1. The average molecular weight is 643 g/mol. The minimum atomic E-state index is -4.37. The molecule has 0 spiro atoms. The second-order valence-electron chi connectivity index (χ2n) is 11.1. The van der Waals surface area contributed by atoms with Crippen LogP contribution in [0.25, 0.3) is 0 Å². The number of sulfonamides is 1. The Morgan fingerprint density at radius 2 is 1.52 bits per heavy atom. The van der Waals surface area contributed by atoms with Gasteiger partial charge in [0.15, 0.2) is 0 Å². The number of aryl methyl sites for hydroxylation is 1. The van der Waals surface area contributed by atoms with Crippen molar-refractivity contribution in [2.75, 3.05) is 10.8 Å². The summed E-state index contributed by atoms with van der Waals surface area (Å²) in [6.07, 6.45) is 0.856. The Hall–Kier alpha value is -5.03. The number of anilines is 1. The first-order valence-electron chi connectivity index (χ1n) is 15.0. The van der Waals surface area contributed by atoms with E-state index in [1.165, 1.54) is 35.2 Å². The van der Waals surface area contributed by atoms with E-state index in [1.807, 2.05) is 75.4 Å². The summed E-state index contributed by atoms with van der Waals surface area (Å²) in [5.74, 6) is -1.01. The highest BCUT2D eigenvalue weighted by Crippen LogP contribution is 2.28. The first kappa shape index (κ1) is 33.9. The third-order valence-corrected chi connectivity index (χ3v) is 9.60. The maximum atomic E-state index is 14.5. The van der Waals surface area contributed by atoms with Gasteiger partial charge < -0.3 is 10.2 Å². The Bertz CT molecular complexity index is 1770. The van der Waals surface area contributed by atoms with Gasteiger partial charge in [-0.1, -0.05) is 85.8 Å². The lowest BCUT2D eigenvalue weighted by molar-refractivity contribution is -0.384. The number of hydrogen-bond donors (Lipinski definition) is 1. The molecule has 10 nitrogen and oxygen atoms in total. The first-order chi connectivity index (χ1) is 22.0. The second-order valence-corrected chi connectivity index (χ2v) is 12.9. The molecule has 0 aliphatic rings. The largest absolute Gasteiger partial charge is 0.352 e. The summed E-state index contributed by atoms with van der Waals surface area (Å²) in [6, 6.07) is 28.3. The normalized spacial score (nSPS) is 12.5. The molecule has 0 saturated heterocycles.